The van der Waals surface area contributed by atoms with Crippen LogP contribution in [0.3, 0.4) is 0 Å². The zero-order valence-electron chi connectivity index (χ0n) is 8.40. The molecule has 0 aliphatic heterocycles. The summed E-state index contributed by atoms with van der Waals surface area (Å²) in [5.41, 5.74) is 8.85. The lowest BCUT2D eigenvalue weighted by molar-refractivity contribution is 0.718. The number of nitrogen functional groups attached to an aromatic ring is 1. The van der Waals surface area contributed by atoms with Crippen molar-refractivity contribution in [3.63, 3.8) is 0 Å². The van der Waals surface area contributed by atoms with Gasteiger partial charge >= 0.3 is 0 Å². The van der Waals surface area contributed by atoms with E-state index in [0.717, 1.165) is 17.1 Å². The van der Waals surface area contributed by atoms with Gasteiger partial charge < -0.3 is 5.73 Å². The third kappa shape index (κ3) is 1.72. The van der Waals surface area contributed by atoms with E-state index < -0.39 is 0 Å². The van der Waals surface area contributed by atoms with E-state index in [1.54, 1.807) is 4.68 Å². The van der Waals surface area contributed by atoms with Crippen molar-refractivity contribution < 1.29 is 0 Å². The third-order valence-corrected chi connectivity index (χ3v) is 2.69. The Morgan fingerprint density at radius 3 is 2.67 bits per heavy atom. The van der Waals surface area contributed by atoms with Crippen LogP contribution in [-0.2, 0) is 7.05 Å². The van der Waals surface area contributed by atoms with Gasteiger partial charge in [0.05, 0.1) is 17.1 Å². The Kier molecular flexibility index (Phi) is 2.44. The van der Waals surface area contributed by atoms with Gasteiger partial charge in [0.15, 0.2) is 4.60 Å². The van der Waals surface area contributed by atoms with Crippen LogP contribution in [-0.4, -0.2) is 20.0 Å². The highest BCUT2D eigenvalue weighted by molar-refractivity contribution is 9.10. The van der Waals surface area contributed by atoms with E-state index in [1.807, 2.05) is 26.1 Å². The molecule has 2 rings (SSSR count). The predicted molar refractivity (Wildman–Crippen MR) is 61.1 cm³/mol. The number of halogens is 1. The fourth-order valence-corrected chi connectivity index (χ4v) is 1.84. The molecule has 0 spiro atoms. The molecule has 0 saturated heterocycles. The lowest BCUT2D eigenvalue weighted by atomic mass is 10.2. The van der Waals surface area contributed by atoms with E-state index in [1.165, 1.54) is 0 Å². The van der Waals surface area contributed by atoms with Crippen LogP contribution in [0.4, 0.5) is 5.69 Å². The fourth-order valence-electron chi connectivity index (χ4n) is 1.31. The lowest BCUT2D eigenvalue weighted by Crippen LogP contribution is -1.99. The first-order chi connectivity index (χ1) is 7.09. The van der Waals surface area contributed by atoms with Crippen molar-refractivity contribution in [3.8, 4) is 11.4 Å². The normalized spacial score (nSPS) is 10.6. The maximum absolute atomic E-state index is 5.71. The molecule has 2 aromatic heterocycles. The van der Waals surface area contributed by atoms with Crippen LogP contribution in [0.1, 0.15) is 5.69 Å². The molecule has 0 unspecified atom stereocenters. The lowest BCUT2D eigenvalue weighted by Gasteiger charge is -2.04. The maximum atomic E-state index is 5.71. The molecule has 0 aromatic carbocycles. The van der Waals surface area contributed by atoms with Gasteiger partial charge in [-0.2, -0.15) is 0 Å². The molecule has 2 heterocycles. The summed E-state index contributed by atoms with van der Waals surface area (Å²) in [6.45, 7) is 1.87. The first-order valence-electron chi connectivity index (χ1n) is 4.38. The summed E-state index contributed by atoms with van der Waals surface area (Å²) < 4.78 is 2.35. The summed E-state index contributed by atoms with van der Waals surface area (Å²) in [6, 6.07) is 3.68. The largest absolute Gasteiger partial charge is 0.397 e. The molecule has 15 heavy (non-hydrogen) atoms. The topological polar surface area (TPSA) is 69.6 Å². The summed E-state index contributed by atoms with van der Waals surface area (Å²) in [7, 11) is 1.82. The second kappa shape index (κ2) is 3.62. The summed E-state index contributed by atoms with van der Waals surface area (Å²) in [6.07, 6.45) is 0. The zero-order valence-corrected chi connectivity index (χ0v) is 9.98. The Morgan fingerprint density at radius 1 is 1.40 bits per heavy atom. The van der Waals surface area contributed by atoms with Crippen LogP contribution in [0.2, 0.25) is 0 Å². The SMILES string of the molecule is Cc1nc(-c2c(Br)nnn2C)ccc1N. The van der Waals surface area contributed by atoms with E-state index in [0.29, 0.717) is 10.3 Å². The van der Waals surface area contributed by atoms with Crippen molar-refractivity contribution in [2.24, 2.45) is 7.05 Å². The van der Waals surface area contributed by atoms with Gasteiger partial charge in [-0.25, -0.2) is 9.67 Å². The van der Waals surface area contributed by atoms with E-state index >= 15 is 0 Å². The molecule has 0 bridgehead atoms. The monoisotopic (exact) mass is 267 g/mol. The third-order valence-electron chi connectivity index (χ3n) is 2.16. The molecule has 0 atom stereocenters. The first kappa shape index (κ1) is 10.1. The summed E-state index contributed by atoms with van der Waals surface area (Å²) >= 11 is 3.33. The van der Waals surface area contributed by atoms with Crippen molar-refractivity contribution in [2.45, 2.75) is 6.92 Å². The molecule has 2 N–H and O–H groups in total. The number of aromatic nitrogens is 4. The van der Waals surface area contributed by atoms with Gasteiger partial charge in [0.1, 0.15) is 5.69 Å². The van der Waals surface area contributed by atoms with E-state index in [2.05, 4.69) is 31.2 Å². The molecule has 0 saturated carbocycles. The molecule has 6 heteroatoms. The Balaban J connectivity index is 2.59. The van der Waals surface area contributed by atoms with Crippen molar-refractivity contribution in [3.05, 3.63) is 22.4 Å². The van der Waals surface area contributed by atoms with Gasteiger partial charge in [-0.05, 0) is 35.0 Å². The van der Waals surface area contributed by atoms with Crippen molar-refractivity contribution in [2.75, 3.05) is 5.73 Å². The van der Waals surface area contributed by atoms with E-state index in [4.69, 9.17) is 5.73 Å². The van der Waals surface area contributed by atoms with Crippen molar-refractivity contribution >= 4 is 21.6 Å². The first-order valence-corrected chi connectivity index (χ1v) is 5.17. The quantitative estimate of drug-likeness (QED) is 0.851. The van der Waals surface area contributed by atoms with Gasteiger partial charge in [0.2, 0.25) is 0 Å². The number of nitrogens with zero attached hydrogens (tertiary/aromatic N) is 4. The minimum Gasteiger partial charge on any atom is -0.397 e. The standard InChI is InChI=1S/C9H10BrN5/c1-5-6(11)3-4-7(12-5)8-9(10)13-14-15(8)2/h3-4H,11H2,1-2H3. The van der Waals surface area contributed by atoms with Crippen LogP contribution in [0.5, 0.6) is 0 Å². The number of anilines is 1. The van der Waals surface area contributed by atoms with Gasteiger partial charge in [-0.15, -0.1) is 5.10 Å². The smallest absolute Gasteiger partial charge is 0.157 e. The molecule has 78 valence electrons. The van der Waals surface area contributed by atoms with Crippen LogP contribution in [0, 0.1) is 6.92 Å². The number of hydrogen-bond acceptors (Lipinski definition) is 4. The van der Waals surface area contributed by atoms with E-state index in [-0.39, 0.29) is 0 Å². The number of pyridine rings is 1. The minimum absolute atomic E-state index is 0.682. The Labute approximate surface area is 95.4 Å². The highest BCUT2D eigenvalue weighted by Crippen LogP contribution is 2.25. The zero-order chi connectivity index (χ0) is 11.0. The number of nitrogens with two attached hydrogens (primary N) is 1. The molecule has 5 nitrogen and oxygen atoms in total. The maximum Gasteiger partial charge on any atom is 0.157 e. The van der Waals surface area contributed by atoms with Crippen LogP contribution in [0.25, 0.3) is 11.4 Å². The molecule has 0 aliphatic carbocycles. The number of rotatable bonds is 1. The molecular weight excluding hydrogens is 258 g/mol. The molecular formula is C9H10BrN5. The van der Waals surface area contributed by atoms with Crippen molar-refractivity contribution in [1.82, 2.24) is 20.0 Å². The molecule has 2 aromatic rings. The van der Waals surface area contributed by atoms with Gasteiger partial charge in [0.25, 0.3) is 0 Å². The summed E-state index contributed by atoms with van der Waals surface area (Å²) in [5, 5.41) is 7.80. The Morgan fingerprint density at radius 2 is 2.13 bits per heavy atom. The van der Waals surface area contributed by atoms with Crippen LogP contribution in [0.15, 0.2) is 16.7 Å². The van der Waals surface area contributed by atoms with Crippen LogP contribution >= 0.6 is 15.9 Å². The van der Waals surface area contributed by atoms with Gasteiger partial charge in [0, 0.05) is 7.05 Å². The second-order valence-electron chi connectivity index (χ2n) is 3.22. The molecule has 0 radical (unpaired) electrons. The Bertz CT molecular complexity index is 486. The molecule has 0 fully saturated rings. The van der Waals surface area contributed by atoms with Gasteiger partial charge in [-0.1, -0.05) is 5.21 Å². The van der Waals surface area contributed by atoms with Crippen molar-refractivity contribution in [1.29, 1.82) is 0 Å². The highest BCUT2D eigenvalue weighted by Gasteiger charge is 2.12. The summed E-state index contributed by atoms with van der Waals surface area (Å²) in [4.78, 5) is 4.38. The molecule has 0 amide bonds. The number of hydrogen-bond donors (Lipinski definition) is 1. The minimum atomic E-state index is 0.682. The highest BCUT2D eigenvalue weighted by atomic mass is 79.9. The van der Waals surface area contributed by atoms with Crippen LogP contribution < -0.4 is 5.73 Å². The average Bonchev–Trinajstić information content (AvgIpc) is 2.52. The molecule has 0 aliphatic rings. The Hall–Kier alpha value is -1.43. The average molecular weight is 268 g/mol. The summed E-state index contributed by atoms with van der Waals surface area (Å²) in [5.74, 6) is 0. The second-order valence-corrected chi connectivity index (χ2v) is 3.97. The fraction of sp³-hybridized carbons (Fsp3) is 0.222. The van der Waals surface area contributed by atoms with E-state index in [9.17, 15) is 0 Å². The predicted octanol–water partition coefficient (Wildman–Crippen LogP) is 1.53. The number of aryl methyl sites for hydroxylation is 2. The van der Waals surface area contributed by atoms with Gasteiger partial charge in [-0.3, -0.25) is 0 Å².